The summed E-state index contributed by atoms with van der Waals surface area (Å²) >= 11 is 0. The van der Waals surface area contributed by atoms with Crippen molar-refractivity contribution in [2.24, 2.45) is 11.8 Å². The number of amides is 2. The number of hydrogen-bond acceptors (Lipinski definition) is 4. The highest BCUT2D eigenvalue weighted by molar-refractivity contribution is 6.00. The zero-order valence-corrected chi connectivity index (χ0v) is 12.5. The molecule has 2 aromatic heterocycles. The molecule has 2 aliphatic heterocycles. The van der Waals surface area contributed by atoms with Gasteiger partial charge in [0.1, 0.15) is 0 Å². The lowest BCUT2D eigenvalue weighted by Gasteiger charge is -2.21. The third-order valence-corrected chi connectivity index (χ3v) is 4.59. The SMILES string of the molecule is O=C(c1cccnc1)N1C[C@@H]2CN(c3cccnc3)C(=O)[C@@H]2C1. The van der Waals surface area contributed by atoms with E-state index in [9.17, 15) is 9.59 Å². The van der Waals surface area contributed by atoms with Crippen LogP contribution >= 0.6 is 0 Å². The Kier molecular flexibility index (Phi) is 3.29. The van der Waals surface area contributed by atoms with Gasteiger partial charge in [-0.1, -0.05) is 0 Å². The number of rotatable bonds is 2. The van der Waals surface area contributed by atoms with Crippen LogP contribution in [0.4, 0.5) is 5.69 Å². The van der Waals surface area contributed by atoms with Crippen molar-refractivity contribution in [3.8, 4) is 0 Å². The van der Waals surface area contributed by atoms with Crippen LogP contribution in [0.3, 0.4) is 0 Å². The molecule has 0 radical (unpaired) electrons. The first-order valence-corrected chi connectivity index (χ1v) is 7.65. The quantitative estimate of drug-likeness (QED) is 0.836. The van der Waals surface area contributed by atoms with Crippen LogP contribution < -0.4 is 4.90 Å². The second kappa shape index (κ2) is 5.46. The van der Waals surface area contributed by atoms with Gasteiger partial charge in [0.15, 0.2) is 0 Å². The summed E-state index contributed by atoms with van der Waals surface area (Å²) in [6.45, 7) is 1.74. The Labute approximate surface area is 133 Å². The maximum absolute atomic E-state index is 12.6. The molecule has 4 rings (SSSR count). The minimum atomic E-state index is -0.115. The lowest BCUT2D eigenvalue weighted by molar-refractivity contribution is -0.120. The van der Waals surface area contributed by atoms with Crippen LogP contribution in [-0.4, -0.2) is 46.3 Å². The summed E-state index contributed by atoms with van der Waals surface area (Å²) in [6, 6.07) is 7.23. The number of aromatic nitrogens is 2. The molecule has 0 saturated carbocycles. The Morgan fingerprint density at radius 2 is 1.83 bits per heavy atom. The van der Waals surface area contributed by atoms with Crippen molar-refractivity contribution in [3.05, 3.63) is 54.6 Å². The first-order valence-electron chi connectivity index (χ1n) is 7.65. The Hall–Kier alpha value is -2.76. The summed E-state index contributed by atoms with van der Waals surface area (Å²) in [5.74, 6) is 0.108. The average molecular weight is 308 g/mol. The summed E-state index contributed by atoms with van der Waals surface area (Å²) in [4.78, 5) is 36.7. The van der Waals surface area contributed by atoms with E-state index in [1.54, 1.807) is 46.7 Å². The molecule has 23 heavy (non-hydrogen) atoms. The van der Waals surface area contributed by atoms with Gasteiger partial charge in [-0.3, -0.25) is 19.6 Å². The van der Waals surface area contributed by atoms with Gasteiger partial charge in [-0.25, -0.2) is 0 Å². The number of anilines is 1. The van der Waals surface area contributed by atoms with Crippen molar-refractivity contribution in [1.82, 2.24) is 14.9 Å². The molecule has 2 amide bonds. The van der Waals surface area contributed by atoms with Crippen LogP contribution in [0.1, 0.15) is 10.4 Å². The van der Waals surface area contributed by atoms with E-state index in [4.69, 9.17) is 0 Å². The molecule has 2 atom stereocenters. The molecule has 116 valence electrons. The first kappa shape index (κ1) is 13.9. The fourth-order valence-electron chi connectivity index (χ4n) is 3.44. The van der Waals surface area contributed by atoms with E-state index in [1.165, 1.54) is 0 Å². The van der Waals surface area contributed by atoms with Crippen LogP contribution in [0, 0.1) is 11.8 Å². The Morgan fingerprint density at radius 3 is 2.48 bits per heavy atom. The van der Waals surface area contributed by atoms with Gasteiger partial charge < -0.3 is 9.80 Å². The van der Waals surface area contributed by atoms with Crippen LogP contribution in [0.25, 0.3) is 0 Å². The van der Waals surface area contributed by atoms with Crippen LogP contribution in [0.2, 0.25) is 0 Å². The van der Waals surface area contributed by atoms with Crippen molar-refractivity contribution in [1.29, 1.82) is 0 Å². The lowest BCUT2D eigenvalue weighted by atomic mass is 10.0. The highest BCUT2D eigenvalue weighted by atomic mass is 16.2. The topological polar surface area (TPSA) is 66.4 Å². The number of likely N-dealkylation sites (tertiary alicyclic amines) is 1. The number of fused-ring (bicyclic) bond motifs is 1. The van der Waals surface area contributed by atoms with Gasteiger partial charge in [0, 0.05) is 44.1 Å². The van der Waals surface area contributed by atoms with E-state index >= 15 is 0 Å². The van der Waals surface area contributed by atoms with Gasteiger partial charge in [-0.2, -0.15) is 0 Å². The summed E-state index contributed by atoms with van der Waals surface area (Å²) in [5.41, 5.74) is 1.40. The van der Waals surface area contributed by atoms with Crippen LogP contribution in [0.15, 0.2) is 49.1 Å². The minimum Gasteiger partial charge on any atom is -0.337 e. The van der Waals surface area contributed by atoms with E-state index in [0.29, 0.717) is 25.2 Å². The molecular weight excluding hydrogens is 292 g/mol. The molecule has 2 aromatic rings. The van der Waals surface area contributed by atoms with Gasteiger partial charge in [0.2, 0.25) is 5.91 Å². The molecule has 2 fully saturated rings. The lowest BCUT2D eigenvalue weighted by Crippen LogP contribution is -2.35. The minimum absolute atomic E-state index is 0.0479. The summed E-state index contributed by atoms with van der Waals surface area (Å²) < 4.78 is 0. The third-order valence-electron chi connectivity index (χ3n) is 4.59. The van der Waals surface area contributed by atoms with E-state index < -0.39 is 0 Å². The van der Waals surface area contributed by atoms with E-state index in [2.05, 4.69) is 9.97 Å². The highest BCUT2D eigenvalue weighted by Gasteiger charge is 2.47. The maximum atomic E-state index is 12.6. The Bertz CT molecular complexity index is 735. The molecule has 0 bridgehead atoms. The van der Waals surface area contributed by atoms with Crippen molar-refractivity contribution in [2.75, 3.05) is 24.5 Å². The van der Waals surface area contributed by atoms with E-state index in [1.807, 2.05) is 12.1 Å². The van der Waals surface area contributed by atoms with Gasteiger partial charge in [-0.15, -0.1) is 0 Å². The molecule has 0 aromatic carbocycles. The molecule has 0 N–H and O–H groups in total. The molecule has 0 unspecified atom stereocenters. The zero-order valence-electron chi connectivity index (χ0n) is 12.5. The van der Waals surface area contributed by atoms with Crippen molar-refractivity contribution in [2.45, 2.75) is 0 Å². The molecule has 6 nitrogen and oxygen atoms in total. The second-order valence-corrected chi connectivity index (χ2v) is 5.98. The van der Waals surface area contributed by atoms with Gasteiger partial charge in [-0.05, 0) is 24.3 Å². The van der Waals surface area contributed by atoms with E-state index in [0.717, 1.165) is 5.69 Å². The molecule has 2 aliphatic rings. The van der Waals surface area contributed by atoms with Crippen molar-refractivity contribution < 1.29 is 9.59 Å². The second-order valence-electron chi connectivity index (χ2n) is 5.98. The standard InChI is InChI=1S/C17H16N4O2/c22-16(12-3-1-5-18-7-12)20-9-13-10-21(17(23)15(13)11-20)14-4-2-6-19-8-14/h1-8,13,15H,9-11H2/t13-,15-/m1/s1. The summed E-state index contributed by atoms with van der Waals surface area (Å²) in [5, 5.41) is 0. The van der Waals surface area contributed by atoms with Crippen LogP contribution in [0.5, 0.6) is 0 Å². The molecule has 4 heterocycles. The smallest absolute Gasteiger partial charge is 0.255 e. The maximum Gasteiger partial charge on any atom is 0.255 e. The predicted octanol–water partition coefficient (Wildman–Crippen LogP) is 1.21. The third kappa shape index (κ3) is 2.36. The number of pyridine rings is 2. The molecule has 2 saturated heterocycles. The molecular formula is C17H16N4O2. The monoisotopic (exact) mass is 308 g/mol. The number of carbonyl (C=O) groups excluding carboxylic acids is 2. The number of nitrogens with zero attached hydrogens (tertiary/aromatic N) is 4. The predicted molar refractivity (Wildman–Crippen MR) is 83.7 cm³/mol. The average Bonchev–Trinajstić information content (AvgIpc) is 3.16. The number of hydrogen-bond donors (Lipinski definition) is 0. The Balaban J connectivity index is 1.49. The van der Waals surface area contributed by atoms with E-state index in [-0.39, 0.29) is 23.7 Å². The first-order chi connectivity index (χ1) is 11.2. The molecule has 0 spiro atoms. The van der Waals surface area contributed by atoms with Crippen molar-refractivity contribution >= 4 is 17.5 Å². The van der Waals surface area contributed by atoms with Gasteiger partial charge in [0.25, 0.3) is 5.91 Å². The van der Waals surface area contributed by atoms with Crippen LogP contribution in [-0.2, 0) is 4.79 Å². The fraction of sp³-hybridized carbons (Fsp3) is 0.294. The normalized spacial score (nSPS) is 23.2. The van der Waals surface area contributed by atoms with Crippen molar-refractivity contribution in [3.63, 3.8) is 0 Å². The Morgan fingerprint density at radius 1 is 1.04 bits per heavy atom. The molecule has 6 heteroatoms. The summed E-state index contributed by atoms with van der Waals surface area (Å²) in [7, 11) is 0. The van der Waals surface area contributed by atoms with Gasteiger partial charge >= 0.3 is 0 Å². The largest absolute Gasteiger partial charge is 0.337 e. The zero-order chi connectivity index (χ0) is 15.8. The number of carbonyl (C=O) groups is 2. The summed E-state index contributed by atoms with van der Waals surface area (Å²) in [6.07, 6.45) is 6.61. The molecule has 0 aliphatic carbocycles. The fourth-order valence-corrected chi connectivity index (χ4v) is 3.44. The van der Waals surface area contributed by atoms with Gasteiger partial charge in [0.05, 0.1) is 23.4 Å². The highest BCUT2D eigenvalue weighted by Crippen LogP contribution is 2.35.